The topological polar surface area (TPSA) is 135 Å². The van der Waals surface area contributed by atoms with Crippen LogP contribution in [0.3, 0.4) is 0 Å². The van der Waals surface area contributed by atoms with Crippen molar-refractivity contribution in [3.05, 3.63) is 47.8 Å². The number of hydrogen-bond acceptors (Lipinski definition) is 5. The Balaban J connectivity index is 1.94. The zero-order chi connectivity index (χ0) is 20.8. The molecular weight excluding hydrogens is 380 g/mol. The van der Waals surface area contributed by atoms with Crippen LogP contribution in [0, 0.1) is 0 Å². The Bertz CT molecular complexity index is 904. The number of primary sulfonamides is 1. The Morgan fingerprint density at radius 1 is 1.32 bits per heavy atom. The molecule has 0 amide bonds. The smallest absolute Gasteiger partial charge is 0.238 e. The summed E-state index contributed by atoms with van der Waals surface area (Å²) < 4.78 is 24.2. The molecule has 5 N–H and O–H groups in total. The lowest BCUT2D eigenvalue weighted by molar-refractivity contribution is 0.0672. The Labute approximate surface area is 165 Å². The number of aryl methyl sites for hydroxylation is 1. The molecule has 0 aliphatic heterocycles. The summed E-state index contributed by atoms with van der Waals surface area (Å²) in [6.45, 7) is 5.11. The summed E-state index contributed by atoms with van der Waals surface area (Å²) in [5.74, 6) is 0.591. The lowest BCUT2D eigenvalue weighted by Gasteiger charge is -2.20. The van der Waals surface area contributed by atoms with Crippen molar-refractivity contribution in [3.8, 4) is 0 Å². The predicted molar refractivity (Wildman–Crippen MR) is 108 cm³/mol. The number of nitrogens with one attached hydrogen (secondary N) is 2. The molecule has 1 aromatic carbocycles. The van der Waals surface area contributed by atoms with E-state index in [1.165, 1.54) is 12.1 Å². The molecule has 0 fully saturated rings. The molecule has 154 valence electrons. The molecule has 0 aliphatic rings. The van der Waals surface area contributed by atoms with Crippen LogP contribution in [-0.2, 0) is 29.1 Å². The lowest BCUT2D eigenvalue weighted by atomic mass is 10.0. The maximum Gasteiger partial charge on any atom is 0.238 e. The van der Waals surface area contributed by atoms with E-state index in [0.29, 0.717) is 31.0 Å². The fraction of sp³-hybridized carbons (Fsp3) is 0.444. The Morgan fingerprint density at radius 3 is 2.54 bits per heavy atom. The van der Waals surface area contributed by atoms with Gasteiger partial charge in [-0.1, -0.05) is 12.1 Å². The number of aliphatic hydroxyl groups is 1. The number of aromatic nitrogens is 2. The third kappa shape index (κ3) is 6.32. The number of guanidine groups is 1. The van der Waals surface area contributed by atoms with Crippen LogP contribution in [-0.4, -0.2) is 48.9 Å². The number of rotatable bonds is 8. The minimum atomic E-state index is -3.68. The van der Waals surface area contributed by atoms with Crippen molar-refractivity contribution in [1.82, 2.24) is 20.4 Å². The highest BCUT2D eigenvalue weighted by Crippen LogP contribution is 2.19. The lowest BCUT2D eigenvalue weighted by Crippen LogP contribution is -2.39. The van der Waals surface area contributed by atoms with Crippen molar-refractivity contribution in [3.63, 3.8) is 0 Å². The highest BCUT2D eigenvalue weighted by Gasteiger charge is 2.24. The highest BCUT2D eigenvalue weighted by atomic mass is 32.2. The molecule has 28 heavy (non-hydrogen) atoms. The van der Waals surface area contributed by atoms with Gasteiger partial charge in [0, 0.05) is 31.9 Å². The Hall–Kier alpha value is -2.43. The van der Waals surface area contributed by atoms with E-state index >= 15 is 0 Å². The van der Waals surface area contributed by atoms with Gasteiger partial charge in [-0.05, 0) is 38.0 Å². The zero-order valence-corrected chi connectivity index (χ0v) is 17.2. The number of aliphatic imine (C=N–C) groups is 1. The van der Waals surface area contributed by atoms with Gasteiger partial charge in [-0.3, -0.25) is 4.68 Å². The average Bonchev–Trinajstić information content (AvgIpc) is 3.07. The second-order valence-electron chi connectivity index (χ2n) is 6.74. The molecule has 0 saturated carbocycles. The molecule has 0 aliphatic carbocycles. The van der Waals surface area contributed by atoms with Gasteiger partial charge in [-0.15, -0.1) is 0 Å². The SMILES string of the molecule is CCNC(=NCC(C)(O)c1cnn(C)c1)NCCc1ccc(S(N)(=O)=O)cc1. The number of nitrogens with two attached hydrogens (primary N) is 1. The maximum atomic E-state index is 11.3. The van der Waals surface area contributed by atoms with Crippen LogP contribution in [0.4, 0.5) is 0 Å². The van der Waals surface area contributed by atoms with E-state index in [2.05, 4.69) is 20.7 Å². The minimum absolute atomic E-state index is 0.0942. The van der Waals surface area contributed by atoms with Crippen LogP contribution >= 0.6 is 0 Å². The van der Waals surface area contributed by atoms with Gasteiger partial charge >= 0.3 is 0 Å². The molecule has 0 spiro atoms. The zero-order valence-electron chi connectivity index (χ0n) is 16.4. The first-order valence-electron chi connectivity index (χ1n) is 8.97. The van der Waals surface area contributed by atoms with E-state index in [1.54, 1.807) is 43.2 Å². The normalized spacial score (nSPS) is 14.5. The van der Waals surface area contributed by atoms with E-state index < -0.39 is 15.6 Å². The fourth-order valence-electron chi connectivity index (χ4n) is 2.54. The van der Waals surface area contributed by atoms with Gasteiger partial charge in [-0.25, -0.2) is 18.5 Å². The molecule has 1 aromatic heterocycles. The van der Waals surface area contributed by atoms with Crippen LogP contribution in [0.5, 0.6) is 0 Å². The van der Waals surface area contributed by atoms with E-state index in [4.69, 9.17) is 5.14 Å². The summed E-state index contributed by atoms with van der Waals surface area (Å²) in [4.78, 5) is 4.55. The largest absolute Gasteiger partial charge is 0.383 e. The van der Waals surface area contributed by atoms with E-state index in [9.17, 15) is 13.5 Å². The molecule has 0 bridgehead atoms. The highest BCUT2D eigenvalue weighted by molar-refractivity contribution is 7.89. The summed E-state index contributed by atoms with van der Waals surface area (Å²) in [7, 11) is -1.88. The van der Waals surface area contributed by atoms with E-state index in [1.807, 2.05) is 6.92 Å². The molecule has 2 aromatic rings. The summed E-state index contributed by atoms with van der Waals surface area (Å²) in [6.07, 6.45) is 4.07. The van der Waals surface area contributed by atoms with Crippen LogP contribution < -0.4 is 15.8 Å². The molecular formula is C18H28N6O3S. The van der Waals surface area contributed by atoms with Gasteiger partial charge in [0.15, 0.2) is 5.96 Å². The molecule has 1 unspecified atom stereocenters. The Morgan fingerprint density at radius 2 is 2.00 bits per heavy atom. The van der Waals surface area contributed by atoms with Gasteiger partial charge in [-0.2, -0.15) is 5.10 Å². The van der Waals surface area contributed by atoms with Crippen molar-refractivity contribution in [2.24, 2.45) is 17.2 Å². The first kappa shape index (κ1) is 21.9. The summed E-state index contributed by atoms with van der Waals surface area (Å²) in [5, 5.41) is 26.2. The van der Waals surface area contributed by atoms with Crippen molar-refractivity contribution in [2.75, 3.05) is 19.6 Å². The van der Waals surface area contributed by atoms with Crippen LogP contribution in [0.25, 0.3) is 0 Å². The minimum Gasteiger partial charge on any atom is -0.383 e. The summed E-state index contributed by atoms with van der Waals surface area (Å²) in [5.41, 5.74) is 0.544. The third-order valence-corrected chi connectivity index (χ3v) is 5.10. The van der Waals surface area contributed by atoms with Gasteiger partial charge in [0.05, 0.1) is 17.6 Å². The van der Waals surface area contributed by atoms with E-state index in [0.717, 1.165) is 5.56 Å². The summed E-state index contributed by atoms with van der Waals surface area (Å²) in [6, 6.07) is 6.46. The van der Waals surface area contributed by atoms with Gasteiger partial charge in [0.25, 0.3) is 0 Å². The average molecular weight is 409 g/mol. The quantitative estimate of drug-likeness (QED) is 0.361. The molecule has 1 heterocycles. The van der Waals surface area contributed by atoms with Crippen LogP contribution in [0.2, 0.25) is 0 Å². The second-order valence-corrected chi connectivity index (χ2v) is 8.30. The number of nitrogens with zero attached hydrogens (tertiary/aromatic N) is 3. The molecule has 9 nitrogen and oxygen atoms in total. The molecule has 2 rings (SSSR count). The predicted octanol–water partition coefficient (Wildman–Crippen LogP) is 0.0728. The van der Waals surface area contributed by atoms with Crippen molar-refractivity contribution in [1.29, 1.82) is 0 Å². The third-order valence-electron chi connectivity index (χ3n) is 4.17. The van der Waals surface area contributed by atoms with Crippen LogP contribution in [0.1, 0.15) is 25.0 Å². The van der Waals surface area contributed by atoms with Crippen molar-refractivity contribution in [2.45, 2.75) is 30.8 Å². The van der Waals surface area contributed by atoms with Gasteiger partial charge in [0.2, 0.25) is 10.0 Å². The number of sulfonamides is 1. The Kier molecular flexibility index (Phi) is 7.17. The number of hydrogen-bond donors (Lipinski definition) is 4. The van der Waals surface area contributed by atoms with Crippen molar-refractivity contribution < 1.29 is 13.5 Å². The maximum absolute atomic E-state index is 11.3. The summed E-state index contributed by atoms with van der Waals surface area (Å²) >= 11 is 0. The van der Waals surface area contributed by atoms with Gasteiger partial charge < -0.3 is 15.7 Å². The van der Waals surface area contributed by atoms with E-state index in [-0.39, 0.29) is 11.4 Å². The monoisotopic (exact) mass is 408 g/mol. The molecule has 10 heteroatoms. The second kappa shape index (κ2) is 9.18. The molecule has 0 saturated heterocycles. The van der Waals surface area contributed by atoms with Crippen LogP contribution in [0.15, 0.2) is 46.5 Å². The van der Waals surface area contributed by atoms with Crippen molar-refractivity contribution >= 4 is 16.0 Å². The number of benzene rings is 1. The fourth-order valence-corrected chi connectivity index (χ4v) is 3.05. The molecule has 0 radical (unpaired) electrons. The first-order valence-corrected chi connectivity index (χ1v) is 10.5. The molecule has 1 atom stereocenters. The standard InChI is InChI=1S/C18H28N6O3S/c1-4-20-17(22-13-18(2,25)15-11-23-24(3)12-15)21-10-9-14-5-7-16(8-6-14)28(19,26)27/h5-8,11-12,25H,4,9-10,13H2,1-3H3,(H2,19,26,27)(H2,20,21,22). The van der Waals surface area contributed by atoms with Gasteiger partial charge in [0.1, 0.15) is 5.60 Å². The first-order chi connectivity index (χ1) is 13.1.